The molecule has 0 radical (unpaired) electrons. The van der Waals surface area contributed by atoms with Crippen LogP contribution >= 0.6 is 11.8 Å². The zero-order valence-electron chi connectivity index (χ0n) is 17.5. The molecule has 1 aliphatic rings. The smallest absolute Gasteiger partial charge is 0.293 e. The quantitative estimate of drug-likeness (QED) is 0.415. The van der Waals surface area contributed by atoms with Crippen molar-refractivity contribution in [3.05, 3.63) is 22.6 Å². The van der Waals surface area contributed by atoms with Gasteiger partial charge in [-0.05, 0) is 42.5 Å². The highest BCUT2D eigenvalue weighted by atomic mass is 32.2. The molecule has 3 amide bonds. The first-order valence-electron chi connectivity index (χ1n) is 9.34. The Morgan fingerprint density at radius 1 is 1.13 bits per heavy atom. The van der Waals surface area contributed by atoms with Crippen LogP contribution in [-0.2, 0) is 14.3 Å². The van der Waals surface area contributed by atoms with E-state index in [1.165, 1.54) is 21.3 Å². The number of carbonyl (C=O) groups excluding carboxylic acids is 3. The Kier molecular flexibility index (Phi) is 9.00. The van der Waals surface area contributed by atoms with Crippen molar-refractivity contribution >= 4 is 34.9 Å². The molecule has 0 spiro atoms. The molecule has 1 fully saturated rings. The SMILES string of the molecule is CCOCCC(=O)NCCN1C(=O)S/C(=C/c2cc(OC)c(OC)c(OC)c2)C1=O. The Balaban J connectivity index is 2.05. The minimum absolute atomic E-state index is 0.0949. The first-order valence-corrected chi connectivity index (χ1v) is 10.2. The monoisotopic (exact) mass is 438 g/mol. The average molecular weight is 439 g/mol. The maximum absolute atomic E-state index is 12.6. The van der Waals surface area contributed by atoms with Crippen molar-refractivity contribution in [2.24, 2.45) is 0 Å². The maximum atomic E-state index is 12.6. The Morgan fingerprint density at radius 3 is 2.37 bits per heavy atom. The van der Waals surface area contributed by atoms with Gasteiger partial charge >= 0.3 is 0 Å². The third-order valence-electron chi connectivity index (χ3n) is 4.19. The van der Waals surface area contributed by atoms with E-state index in [0.717, 1.165) is 16.7 Å². The van der Waals surface area contributed by atoms with E-state index in [2.05, 4.69) is 5.32 Å². The Morgan fingerprint density at radius 2 is 1.80 bits per heavy atom. The molecule has 0 aliphatic carbocycles. The summed E-state index contributed by atoms with van der Waals surface area (Å²) in [5.41, 5.74) is 0.624. The third-order valence-corrected chi connectivity index (χ3v) is 5.10. The summed E-state index contributed by atoms with van der Waals surface area (Å²) in [6.07, 6.45) is 1.83. The van der Waals surface area contributed by atoms with Crippen LogP contribution in [0.4, 0.5) is 4.79 Å². The molecule has 0 unspecified atom stereocenters. The Labute approximate surface area is 179 Å². The number of hydrogen-bond donors (Lipinski definition) is 1. The second-order valence-electron chi connectivity index (χ2n) is 6.09. The van der Waals surface area contributed by atoms with Crippen LogP contribution in [0, 0.1) is 0 Å². The van der Waals surface area contributed by atoms with Crippen molar-refractivity contribution in [3.63, 3.8) is 0 Å². The second-order valence-corrected chi connectivity index (χ2v) is 7.08. The van der Waals surface area contributed by atoms with Gasteiger partial charge in [0.15, 0.2) is 11.5 Å². The minimum atomic E-state index is -0.415. The maximum Gasteiger partial charge on any atom is 0.293 e. The normalized spacial score (nSPS) is 14.9. The predicted molar refractivity (Wildman–Crippen MR) is 113 cm³/mol. The second kappa shape index (κ2) is 11.5. The number of nitrogens with zero attached hydrogens (tertiary/aromatic N) is 1. The molecule has 1 heterocycles. The van der Waals surface area contributed by atoms with E-state index in [1.807, 2.05) is 6.92 Å². The van der Waals surface area contributed by atoms with Gasteiger partial charge in [-0.1, -0.05) is 0 Å². The summed E-state index contributed by atoms with van der Waals surface area (Å²) in [6, 6.07) is 3.38. The van der Waals surface area contributed by atoms with Crippen molar-refractivity contribution in [2.45, 2.75) is 13.3 Å². The lowest BCUT2D eigenvalue weighted by atomic mass is 10.1. The lowest BCUT2D eigenvalue weighted by molar-refractivity contribution is -0.124. The summed E-state index contributed by atoms with van der Waals surface area (Å²) < 4.78 is 21.0. The molecule has 1 N–H and O–H groups in total. The van der Waals surface area contributed by atoms with Gasteiger partial charge in [0.1, 0.15) is 0 Å². The molecule has 1 aliphatic heterocycles. The highest BCUT2D eigenvalue weighted by molar-refractivity contribution is 8.18. The largest absolute Gasteiger partial charge is 0.493 e. The number of methoxy groups -OCH3 is 3. The van der Waals surface area contributed by atoms with Crippen molar-refractivity contribution in [1.29, 1.82) is 0 Å². The fourth-order valence-corrected chi connectivity index (χ4v) is 3.60. The standard InChI is InChI=1S/C20H26N2O7S/c1-5-29-9-6-17(23)21-7-8-22-19(24)16(30-20(22)25)12-13-10-14(26-2)18(28-4)15(11-13)27-3/h10-12H,5-9H2,1-4H3,(H,21,23)/b16-12+. The van der Waals surface area contributed by atoms with E-state index < -0.39 is 5.91 Å². The number of nitrogens with one attached hydrogen (secondary N) is 1. The van der Waals surface area contributed by atoms with E-state index in [1.54, 1.807) is 18.2 Å². The van der Waals surface area contributed by atoms with Crippen LogP contribution in [0.1, 0.15) is 18.9 Å². The fourth-order valence-electron chi connectivity index (χ4n) is 2.73. The summed E-state index contributed by atoms with van der Waals surface area (Å²) in [5.74, 6) is 0.713. The van der Waals surface area contributed by atoms with E-state index in [4.69, 9.17) is 18.9 Å². The molecule has 1 aromatic carbocycles. The third kappa shape index (κ3) is 5.90. The molecule has 10 heteroatoms. The van der Waals surface area contributed by atoms with Crippen LogP contribution in [-0.4, -0.2) is 69.6 Å². The van der Waals surface area contributed by atoms with Crippen LogP contribution in [0.2, 0.25) is 0 Å². The number of imide groups is 1. The van der Waals surface area contributed by atoms with Crippen LogP contribution < -0.4 is 19.5 Å². The average Bonchev–Trinajstić information content (AvgIpc) is 3.00. The molecular weight excluding hydrogens is 412 g/mol. The number of carbonyl (C=O) groups is 3. The van der Waals surface area contributed by atoms with Gasteiger partial charge in [0.05, 0.1) is 32.8 Å². The van der Waals surface area contributed by atoms with E-state index >= 15 is 0 Å². The minimum Gasteiger partial charge on any atom is -0.493 e. The molecule has 30 heavy (non-hydrogen) atoms. The number of ether oxygens (including phenoxy) is 4. The lowest BCUT2D eigenvalue weighted by Crippen LogP contribution is -2.37. The number of thioether (sulfide) groups is 1. The molecule has 0 saturated carbocycles. The summed E-state index contributed by atoms with van der Waals surface area (Å²) in [7, 11) is 4.50. The van der Waals surface area contributed by atoms with E-state index in [-0.39, 0.29) is 35.6 Å². The Hall–Kier alpha value is -2.72. The zero-order chi connectivity index (χ0) is 22.1. The first-order chi connectivity index (χ1) is 14.4. The molecular formula is C20H26N2O7S. The van der Waals surface area contributed by atoms with E-state index in [0.29, 0.717) is 36.0 Å². The molecule has 0 atom stereocenters. The van der Waals surface area contributed by atoms with Gasteiger partial charge in [0, 0.05) is 26.1 Å². The Bertz CT molecular complexity index is 800. The van der Waals surface area contributed by atoms with Gasteiger partial charge < -0.3 is 24.3 Å². The number of amides is 3. The van der Waals surface area contributed by atoms with Crippen molar-refractivity contribution in [3.8, 4) is 17.2 Å². The molecule has 0 bridgehead atoms. The molecule has 0 aromatic heterocycles. The van der Waals surface area contributed by atoms with Gasteiger partial charge in [0.25, 0.3) is 11.1 Å². The highest BCUT2D eigenvalue weighted by Crippen LogP contribution is 2.40. The van der Waals surface area contributed by atoms with Crippen molar-refractivity contribution in [1.82, 2.24) is 10.2 Å². The molecule has 2 rings (SSSR count). The summed E-state index contributed by atoms with van der Waals surface area (Å²) >= 11 is 0.842. The first kappa shape index (κ1) is 23.6. The summed E-state index contributed by atoms with van der Waals surface area (Å²) in [6.45, 7) is 3.01. The summed E-state index contributed by atoms with van der Waals surface area (Å²) in [4.78, 5) is 38.0. The van der Waals surface area contributed by atoms with E-state index in [9.17, 15) is 14.4 Å². The van der Waals surface area contributed by atoms with Gasteiger partial charge in [-0.15, -0.1) is 0 Å². The molecule has 1 saturated heterocycles. The van der Waals surface area contributed by atoms with Gasteiger partial charge in [-0.2, -0.15) is 0 Å². The summed E-state index contributed by atoms with van der Waals surface area (Å²) in [5, 5.41) is 2.29. The fraction of sp³-hybridized carbons (Fsp3) is 0.450. The van der Waals surface area contributed by atoms with Crippen LogP contribution in [0.5, 0.6) is 17.2 Å². The number of hydrogen-bond acceptors (Lipinski definition) is 8. The molecule has 9 nitrogen and oxygen atoms in total. The number of benzene rings is 1. The molecule has 164 valence electrons. The topological polar surface area (TPSA) is 103 Å². The van der Waals surface area contributed by atoms with Crippen molar-refractivity contribution in [2.75, 3.05) is 47.6 Å². The number of rotatable bonds is 11. The predicted octanol–water partition coefficient (Wildman–Crippen LogP) is 2.29. The lowest BCUT2D eigenvalue weighted by Gasteiger charge is -2.13. The van der Waals surface area contributed by atoms with Gasteiger partial charge in [-0.25, -0.2) is 0 Å². The van der Waals surface area contributed by atoms with Gasteiger partial charge in [-0.3, -0.25) is 19.3 Å². The highest BCUT2D eigenvalue weighted by Gasteiger charge is 2.34. The van der Waals surface area contributed by atoms with Gasteiger partial charge in [0.2, 0.25) is 11.7 Å². The van der Waals surface area contributed by atoms with Crippen LogP contribution in [0.3, 0.4) is 0 Å². The zero-order valence-corrected chi connectivity index (χ0v) is 18.3. The van der Waals surface area contributed by atoms with Crippen LogP contribution in [0.15, 0.2) is 17.0 Å². The van der Waals surface area contributed by atoms with Crippen LogP contribution in [0.25, 0.3) is 6.08 Å². The molecule has 1 aromatic rings. The van der Waals surface area contributed by atoms with Crippen molar-refractivity contribution < 1.29 is 33.3 Å².